The Morgan fingerprint density at radius 1 is 1.77 bits per heavy atom. The van der Waals surface area contributed by atoms with Crippen LogP contribution in [0.2, 0.25) is 0 Å². The third kappa shape index (κ3) is 3.82. The van der Waals surface area contributed by atoms with Crippen molar-refractivity contribution in [2.75, 3.05) is 26.8 Å². The molecule has 5 heteroatoms. The topological polar surface area (TPSA) is 54.4 Å². The van der Waals surface area contributed by atoms with E-state index in [1.807, 2.05) is 0 Å². The van der Waals surface area contributed by atoms with Crippen LogP contribution in [0.4, 0.5) is 0 Å². The van der Waals surface area contributed by atoms with Crippen LogP contribution in [-0.4, -0.2) is 36.9 Å². The number of thiazole rings is 1. The molecule has 1 rings (SSSR count). The fraction of sp³-hybridized carbons (Fsp3) is 0.625. The van der Waals surface area contributed by atoms with Crippen LogP contribution >= 0.6 is 11.3 Å². The molecule has 0 bridgehead atoms. The molecule has 1 atom stereocenters. The third-order valence-electron chi connectivity index (χ3n) is 1.60. The van der Waals surface area contributed by atoms with Gasteiger partial charge in [0.25, 0.3) is 0 Å². The summed E-state index contributed by atoms with van der Waals surface area (Å²) in [5, 5.41) is 12.7. The number of nitrogens with zero attached hydrogens (tertiary/aromatic N) is 1. The predicted molar refractivity (Wildman–Crippen MR) is 51.8 cm³/mol. The first-order valence-electron chi connectivity index (χ1n) is 4.10. The Labute approximate surface area is 81.6 Å². The summed E-state index contributed by atoms with van der Waals surface area (Å²) < 4.78 is 4.86. The molecule has 0 amide bonds. The Balaban J connectivity index is 2.15. The fourth-order valence-corrected chi connectivity index (χ4v) is 1.51. The van der Waals surface area contributed by atoms with Gasteiger partial charge < -0.3 is 15.2 Å². The van der Waals surface area contributed by atoms with Gasteiger partial charge in [-0.3, -0.25) is 4.98 Å². The maximum atomic E-state index is 9.58. The summed E-state index contributed by atoms with van der Waals surface area (Å²) in [5.41, 5.74) is 1.72. The van der Waals surface area contributed by atoms with E-state index in [9.17, 15) is 5.11 Å². The summed E-state index contributed by atoms with van der Waals surface area (Å²) in [7, 11) is 1.65. The molecule has 1 aromatic rings. The molecular weight excluding hydrogens is 188 g/mol. The first kappa shape index (κ1) is 10.6. The maximum absolute atomic E-state index is 9.58. The normalized spacial score (nSPS) is 13.1. The molecule has 0 saturated heterocycles. The van der Waals surface area contributed by atoms with Gasteiger partial charge in [0.05, 0.1) is 17.0 Å². The largest absolute Gasteiger partial charge is 0.386 e. The van der Waals surface area contributed by atoms with E-state index in [4.69, 9.17) is 4.74 Å². The lowest BCUT2D eigenvalue weighted by molar-refractivity contribution is 0.164. The number of methoxy groups -OCH3 is 1. The van der Waals surface area contributed by atoms with Gasteiger partial charge in [-0.25, -0.2) is 0 Å². The van der Waals surface area contributed by atoms with Crippen molar-refractivity contribution in [2.24, 2.45) is 0 Å². The predicted octanol–water partition coefficient (Wildman–Crippen LogP) is 0.412. The van der Waals surface area contributed by atoms with Crippen LogP contribution in [0.1, 0.15) is 11.0 Å². The smallest absolute Gasteiger partial charge is 0.102 e. The highest BCUT2D eigenvalue weighted by Gasteiger charge is 2.07. The Morgan fingerprint density at radius 3 is 3.23 bits per heavy atom. The summed E-state index contributed by atoms with van der Waals surface area (Å²) >= 11 is 1.46. The molecular formula is C8H14N2O2S. The Kier molecular flexibility index (Phi) is 4.92. The highest BCUT2D eigenvalue weighted by atomic mass is 32.1. The first-order valence-corrected chi connectivity index (χ1v) is 4.98. The van der Waals surface area contributed by atoms with Crippen LogP contribution in [0.15, 0.2) is 11.7 Å². The molecule has 0 aliphatic carbocycles. The molecule has 1 heterocycles. The second kappa shape index (κ2) is 6.04. The van der Waals surface area contributed by atoms with E-state index in [-0.39, 0.29) is 0 Å². The standard InChI is InChI=1S/C8H14N2O2S/c1-12-3-2-9-4-7(11)8-5-10-6-13-8/h5-7,9,11H,2-4H2,1H3. The Morgan fingerprint density at radius 2 is 2.62 bits per heavy atom. The molecule has 0 aliphatic rings. The molecule has 13 heavy (non-hydrogen) atoms. The number of ether oxygens (including phenoxy) is 1. The zero-order chi connectivity index (χ0) is 9.52. The number of aromatic nitrogens is 1. The van der Waals surface area contributed by atoms with Gasteiger partial charge in [0.1, 0.15) is 6.10 Å². The monoisotopic (exact) mass is 202 g/mol. The van der Waals surface area contributed by atoms with Gasteiger partial charge in [0.15, 0.2) is 0 Å². The highest BCUT2D eigenvalue weighted by Crippen LogP contribution is 2.15. The number of nitrogens with one attached hydrogen (secondary N) is 1. The van der Waals surface area contributed by atoms with Crippen LogP contribution in [0, 0.1) is 0 Å². The van der Waals surface area contributed by atoms with Crippen molar-refractivity contribution in [2.45, 2.75) is 6.10 Å². The van der Waals surface area contributed by atoms with Crippen molar-refractivity contribution in [1.29, 1.82) is 0 Å². The summed E-state index contributed by atoms with van der Waals surface area (Å²) in [6.07, 6.45) is 1.23. The molecule has 0 radical (unpaired) electrons. The van der Waals surface area contributed by atoms with Crippen molar-refractivity contribution < 1.29 is 9.84 Å². The van der Waals surface area contributed by atoms with Crippen LogP contribution in [-0.2, 0) is 4.74 Å². The van der Waals surface area contributed by atoms with E-state index in [1.165, 1.54) is 11.3 Å². The molecule has 4 nitrogen and oxygen atoms in total. The average Bonchev–Trinajstić information content (AvgIpc) is 2.65. The molecule has 0 spiro atoms. The van der Waals surface area contributed by atoms with Crippen molar-refractivity contribution in [1.82, 2.24) is 10.3 Å². The van der Waals surface area contributed by atoms with E-state index >= 15 is 0 Å². The lowest BCUT2D eigenvalue weighted by Crippen LogP contribution is -2.24. The highest BCUT2D eigenvalue weighted by molar-refractivity contribution is 7.09. The maximum Gasteiger partial charge on any atom is 0.102 e. The molecule has 0 aliphatic heterocycles. The van der Waals surface area contributed by atoms with E-state index in [2.05, 4.69) is 10.3 Å². The van der Waals surface area contributed by atoms with Crippen LogP contribution in [0.25, 0.3) is 0 Å². The molecule has 0 fully saturated rings. The van der Waals surface area contributed by atoms with E-state index in [1.54, 1.807) is 18.8 Å². The zero-order valence-electron chi connectivity index (χ0n) is 7.56. The van der Waals surface area contributed by atoms with Crippen molar-refractivity contribution in [3.8, 4) is 0 Å². The number of hydrogen-bond donors (Lipinski definition) is 2. The fourth-order valence-electron chi connectivity index (χ4n) is 0.904. The second-order valence-corrected chi connectivity index (χ2v) is 3.53. The summed E-state index contributed by atoms with van der Waals surface area (Å²) in [4.78, 5) is 4.79. The lowest BCUT2D eigenvalue weighted by Gasteiger charge is -2.08. The SMILES string of the molecule is COCCNCC(O)c1cncs1. The van der Waals surface area contributed by atoms with Gasteiger partial charge in [-0.15, -0.1) is 11.3 Å². The van der Waals surface area contributed by atoms with Crippen molar-refractivity contribution in [3.05, 3.63) is 16.6 Å². The minimum absolute atomic E-state index is 0.454. The summed E-state index contributed by atoms with van der Waals surface area (Å²) in [6.45, 7) is 1.97. The molecule has 0 saturated carbocycles. The van der Waals surface area contributed by atoms with Gasteiger partial charge in [-0.05, 0) is 0 Å². The van der Waals surface area contributed by atoms with Gasteiger partial charge in [0.2, 0.25) is 0 Å². The van der Waals surface area contributed by atoms with Crippen molar-refractivity contribution >= 4 is 11.3 Å². The second-order valence-electron chi connectivity index (χ2n) is 2.62. The van der Waals surface area contributed by atoms with Crippen LogP contribution in [0.5, 0.6) is 0 Å². The zero-order valence-corrected chi connectivity index (χ0v) is 8.38. The lowest BCUT2D eigenvalue weighted by atomic mass is 10.3. The third-order valence-corrected chi connectivity index (χ3v) is 2.48. The molecule has 2 N–H and O–H groups in total. The number of rotatable bonds is 6. The molecule has 1 unspecified atom stereocenters. The Bertz CT molecular complexity index is 216. The minimum Gasteiger partial charge on any atom is -0.386 e. The Hall–Kier alpha value is -0.490. The van der Waals surface area contributed by atoms with Gasteiger partial charge in [-0.1, -0.05) is 0 Å². The summed E-state index contributed by atoms with van der Waals surface area (Å²) in [6, 6.07) is 0. The van der Waals surface area contributed by atoms with E-state index in [0.717, 1.165) is 11.4 Å². The average molecular weight is 202 g/mol. The van der Waals surface area contributed by atoms with E-state index in [0.29, 0.717) is 13.2 Å². The van der Waals surface area contributed by atoms with Crippen molar-refractivity contribution in [3.63, 3.8) is 0 Å². The van der Waals surface area contributed by atoms with Crippen LogP contribution in [0.3, 0.4) is 0 Å². The summed E-state index contributed by atoms with van der Waals surface area (Å²) in [5.74, 6) is 0. The number of hydrogen-bond acceptors (Lipinski definition) is 5. The molecule has 0 aromatic carbocycles. The van der Waals surface area contributed by atoms with Gasteiger partial charge in [-0.2, -0.15) is 0 Å². The number of aliphatic hydroxyl groups is 1. The van der Waals surface area contributed by atoms with Gasteiger partial charge >= 0.3 is 0 Å². The molecule has 74 valence electrons. The first-order chi connectivity index (χ1) is 6.34. The van der Waals surface area contributed by atoms with Crippen LogP contribution < -0.4 is 5.32 Å². The number of aliphatic hydroxyl groups excluding tert-OH is 1. The van der Waals surface area contributed by atoms with E-state index < -0.39 is 6.10 Å². The minimum atomic E-state index is -0.454. The molecule has 1 aromatic heterocycles. The van der Waals surface area contributed by atoms with Gasteiger partial charge in [0, 0.05) is 26.4 Å². The quantitative estimate of drug-likeness (QED) is 0.656.